The molecule has 0 N–H and O–H groups in total. The van der Waals surface area contributed by atoms with Crippen molar-refractivity contribution < 1.29 is 9.53 Å². The van der Waals surface area contributed by atoms with E-state index in [2.05, 4.69) is 20.4 Å². The van der Waals surface area contributed by atoms with Crippen LogP contribution in [0, 0.1) is 5.92 Å². The molecular weight excluding hydrogens is 236 g/mol. The minimum atomic E-state index is -0.128. The third-order valence-corrected chi connectivity index (χ3v) is 4.24. The molecule has 0 aromatic heterocycles. The summed E-state index contributed by atoms with van der Waals surface area (Å²) in [5.41, 5.74) is 3.28. The summed E-state index contributed by atoms with van der Waals surface area (Å²) in [5, 5.41) is 0. The number of allylic oxidation sites excluding steroid dienone is 4. The third kappa shape index (κ3) is 3.59. The summed E-state index contributed by atoms with van der Waals surface area (Å²) in [5.74, 6) is 1.22. The van der Waals surface area contributed by atoms with Gasteiger partial charge in [-0.15, -0.1) is 0 Å². The lowest BCUT2D eigenvalue weighted by atomic mass is 9.85. The van der Waals surface area contributed by atoms with Gasteiger partial charge in [-0.3, -0.25) is 0 Å². The van der Waals surface area contributed by atoms with Gasteiger partial charge in [0.1, 0.15) is 5.76 Å². The van der Waals surface area contributed by atoms with Gasteiger partial charge in [0, 0.05) is 12.0 Å². The highest BCUT2D eigenvalue weighted by molar-refractivity contribution is 5.89. The van der Waals surface area contributed by atoms with Crippen molar-refractivity contribution in [2.45, 2.75) is 58.8 Å². The zero-order valence-electron chi connectivity index (χ0n) is 12.1. The lowest BCUT2D eigenvalue weighted by Gasteiger charge is -2.26. The van der Waals surface area contributed by atoms with Crippen molar-refractivity contribution in [3.63, 3.8) is 0 Å². The van der Waals surface area contributed by atoms with Crippen LogP contribution in [0.2, 0.25) is 0 Å². The number of hydrogen-bond donors (Lipinski definition) is 0. The topological polar surface area (TPSA) is 26.3 Å². The van der Waals surface area contributed by atoms with Gasteiger partial charge in [0.05, 0.1) is 0 Å². The van der Waals surface area contributed by atoms with E-state index >= 15 is 0 Å². The van der Waals surface area contributed by atoms with Crippen molar-refractivity contribution in [1.82, 2.24) is 0 Å². The molecule has 0 spiro atoms. The molecule has 2 aliphatic carbocycles. The van der Waals surface area contributed by atoms with Crippen LogP contribution in [0.5, 0.6) is 0 Å². The summed E-state index contributed by atoms with van der Waals surface area (Å²) >= 11 is 0. The summed E-state index contributed by atoms with van der Waals surface area (Å²) < 4.78 is 5.65. The summed E-state index contributed by atoms with van der Waals surface area (Å²) in [6.45, 7) is 8.17. The zero-order chi connectivity index (χ0) is 13.8. The number of ether oxygens (including phenoxy) is 1. The van der Waals surface area contributed by atoms with E-state index in [0.717, 1.165) is 49.9 Å². The summed E-state index contributed by atoms with van der Waals surface area (Å²) in [6.07, 6.45) is 9.20. The zero-order valence-corrected chi connectivity index (χ0v) is 12.1. The number of carbonyl (C=O) groups is 1. The Kier molecular flexibility index (Phi) is 4.62. The molecule has 0 bridgehead atoms. The number of carbonyl (C=O) groups excluding carboxylic acids is 1. The number of hydrogen-bond acceptors (Lipinski definition) is 2. The Balaban J connectivity index is 2.02. The predicted octanol–water partition coefficient (Wildman–Crippen LogP) is 4.68. The second kappa shape index (κ2) is 6.23. The molecule has 2 rings (SSSR count). The van der Waals surface area contributed by atoms with Gasteiger partial charge in [-0.05, 0) is 63.9 Å². The largest absolute Gasteiger partial charge is 0.428 e. The predicted molar refractivity (Wildman–Crippen MR) is 77.5 cm³/mol. The standard InChI is InChI=1S/C17H24O2/c1-12(2)15-10-9-13(3)16(11-15)19-17(18)14-7-5-4-6-8-14/h7,15H,1,4-6,8-11H2,2-3H3/t15-/m1/s1. The first-order valence-electron chi connectivity index (χ1n) is 7.33. The third-order valence-electron chi connectivity index (χ3n) is 4.24. The van der Waals surface area contributed by atoms with E-state index in [1.807, 2.05) is 6.08 Å². The molecule has 0 aromatic carbocycles. The van der Waals surface area contributed by atoms with Crippen LogP contribution in [0.15, 0.2) is 35.1 Å². The minimum absolute atomic E-state index is 0.128. The molecule has 104 valence electrons. The van der Waals surface area contributed by atoms with Crippen molar-refractivity contribution >= 4 is 5.97 Å². The van der Waals surface area contributed by atoms with Gasteiger partial charge in [-0.25, -0.2) is 4.79 Å². The molecule has 2 aliphatic rings. The first kappa shape index (κ1) is 14.1. The van der Waals surface area contributed by atoms with Crippen LogP contribution in [0.4, 0.5) is 0 Å². The fourth-order valence-corrected chi connectivity index (χ4v) is 2.78. The van der Waals surface area contributed by atoms with Crippen LogP contribution < -0.4 is 0 Å². The Morgan fingerprint density at radius 3 is 2.79 bits per heavy atom. The quantitative estimate of drug-likeness (QED) is 0.544. The monoisotopic (exact) mass is 260 g/mol. The van der Waals surface area contributed by atoms with Crippen molar-refractivity contribution in [1.29, 1.82) is 0 Å². The highest BCUT2D eigenvalue weighted by Crippen LogP contribution is 2.34. The maximum Gasteiger partial charge on any atom is 0.338 e. The van der Waals surface area contributed by atoms with Crippen molar-refractivity contribution in [3.05, 3.63) is 35.1 Å². The molecule has 2 nitrogen and oxygen atoms in total. The Labute approximate surface area is 116 Å². The maximum atomic E-state index is 12.1. The van der Waals surface area contributed by atoms with Gasteiger partial charge in [-0.1, -0.05) is 18.2 Å². The molecule has 1 atom stereocenters. The molecule has 19 heavy (non-hydrogen) atoms. The van der Waals surface area contributed by atoms with Gasteiger partial charge >= 0.3 is 5.97 Å². The summed E-state index contributed by atoms with van der Waals surface area (Å²) in [4.78, 5) is 12.1. The molecule has 0 unspecified atom stereocenters. The van der Waals surface area contributed by atoms with Crippen molar-refractivity contribution in [2.24, 2.45) is 5.92 Å². The van der Waals surface area contributed by atoms with Gasteiger partial charge in [0.25, 0.3) is 0 Å². The normalized spacial score (nSPS) is 23.9. The molecule has 0 amide bonds. The Hall–Kier alpha value is -1.31. The van der Waals surface area contributed by atoms with E-state index in [1.54, 1.807) is 0 Å². The molecule has 0 heterocycles. The van der Waals surface area contributed by atoms with E-state index in [0.29, 0.717) is 5.92 Å². The molecule has 0 aromatic rings. The average molecular weight is 260 g/mol. The fourth-order valence-electron chi connectivity index (χ4n) is 2.78. The number of rotatable bonds is 3. The second-order valence-electron chi connectivity index (χ2n) is 5.85. The summed E-state index contributed by atoms with van der Waals surface area (Å²) in [7, 11) is 0. The SMILES string of the molecule is C=C(C)[C@@H]1CCC(C)=C(OC(=O)C2=CCCCC2)C1. The molecule has 0 aliphatic heterocycles. The number of esters is 1. The molecule has 0 saturated heterocycles. The first-order valence-corrected chi connectivity index (χ1v) is 7.33. The average Bonchev–Trinajstić information content (AvgIpc) is 2.42. The van der Waals surface area contributed by atoms with Crippen LogP contribution in [0.1, 0.15) is 58.8 Å². The minimum Gasteiger partial charge on any atom is -0.428 e. The van der Waals surface area contributed by atoms with E-state index in [4.69, 9.17) is 4.74 Å². The lowest BCUT2D eigenvalue weighted by molar-refractivity contribution is -0.135. The van der Waals surface area contributed by atoms with Gasteiger partial charge in [-0.2, -0.15) is 0 Å². The van der Waals surface area contributed by atoms with Crippen LogP contribution in [-0.2, 0) is 9.53 Å². The molecule has 0 fully saturated rings. The first-order chi connectivity index (χ1) is 9.08. The lowest BCUT2D eigenvalue weighted by Crippen LogP contribution is -2.17. The highest BCUT2D eigenvalue weighted by Gasteiger charge is 2.24. The molecule has 0 radical (unpaired) electrons. The van der Waals surface area contributed by atoms with Crippen LogP contribution in [0.3, 0.4) is 0 Å². The molecular formula is C17H24O2. The Bertz CT molecular complexity index is 440. The fraction of sp³-hybridized carbons (Fsp3) is 0.588. The molecule has 2 heteroatoms. The van der Waals surface area contributed by atoms with Crippen molar-refractivity contribution in [2.75, 3.05) is 0 Å². The summed E-state index contributed by atoms with van der Waals surface area (Å²) in [6, 6.07) is 0. The highest BCUT2D eigenvalue weighted by atomic mass is 16.5. The Morgan fingerprint density at radius 1 is 1.37 bits per heavy atom. The van der Waals surface area contributed by atoms with Gasteiger partial charge in [0.2, 0.25) is 0 Å². The van der Waals surface area contributed by atoms with E-state index in [-0.39, 0.29) is 5.97 Å². The van der Waals surface area contributed by atoms with Crippen LogP contribution >= 0.6 is 0 Å². The van der Waals surface area contributed by atoms with E-state index in [1.165, 1.54) is 17.6 Å². The van der Waals surface area contributed by atoms with Crippen LogP contribution in [0.25, 0.3) is 0 Å². The van der Waals surface area contributed by atoms with E-state index in [9.17, 15) is 4.79 Å². The maximum absolute atomic E-state index is 12.1. The van der Waals surface area contributed by atoms with Gasteiger partial charge < -0.3 is 4.74 Å². The van der Waals surface area contributed by atoms with E-state index < -0.39 is 0 Å². The van der Waals surface area contributed by atoms with Crippen LogP contribution in [-0.4, -0.2) is 5.97 Å². The van der Waals surface area contributed by atoms with Gasteiger partial charge in [0.15, 0.2) is 0 Å². The molecule has 0 saturated carbocycles. The second-order valence-corrected chi connectivity index (χ2v) is 5.85. The smallest absolute Gasteiger partial charge is 0.338 e. The Morgan fingerprint density at radius 2 is 2.16 bits per heavy atom. The van der Waals surface area contributed by atoms with Crippen molar-refractivity contribution in [3.8, 4) is 0 Å².